The molecule has 0 amide bonds. The number of aliphatic carboxylic acids is 1. The topological polar surface area (TPSA) is 101 Å². The Kier molecular flexibility index (Phi) is 4.69. The zero-order valence-corrected chi connectivity index (χ0v) is 9.95. The van der Waals surface area contributed by atoms with Crippen molar-refractivity contribution in [3.63, 3.8) is 0 Å². The maximum absolute atomic E-state index is 11.3. The summed E-state index contributed by atoms with van der Waals surface area (Å²) >= 11 is 0. The van der Waals surface area contributed by atoms with E-state index in [2.05, 4.69) is 0 Å². The van der Waals surface area contributed by atoms with Gasteiger partial charge in [-0.1, -0.05) is 0 Å². The first-order valence-electron chi connectivity index (χ1n) is 5.31. The van der Waals surface area contributed by atoms with Crippen molar-refractivity contribution in [1.82, 2.24) is 4.90 Å². The number of nitrogens with two attached hydrogens (primary N) is 1. The summed E-state index contributed by atoms with van der Waals surface area (Å²) in [5.74, 6) is -0.541. The Labute approximate surface area is 95.3 Å². The average Bonchev–Trinajstić information content (AvgIpc) is 2.53. The Hall–Kier alpha value is -0.660. The molecule has 1 unspecified atom stereocenters. The molecule has 7 heteroatoms. The van der Waals surface area contributed by atoms with Crippen LogP contribution in [-0.2, 0) is 14.6 Å². The zero-order chi connectivity index (χ0) is 12.2. The molecule has 1 fully saturated rings. The van der Waals surface area contributed by atoms with Crippen LogP contribution in [0.25, 0.3) is 0 Å². The maximum Gasteiger partial charge on any atom is 0.304 e. The Morgan fingerprint density at radius 2 is 2.12 bits per heavy atom. The molecule has 1 rings (SSSR count). The Balaban J connectivity index is 2.53. The van der Waals surface area contributed by atoms with Gasteiger partial charge in [-0.05, 0) is 6.42 Å². The summed E-state index contributed by atoms with van der Waals surface area (Å²) in [6.07, 6.45) is 0.610. The maximum atomic E-state index is 11.3. The lowest BCUT2D eigenvalue weighted by Gasteiger charge is -2.26. The fourth-order valence-electron chi connectivity index (χ4n) is 1.95. The standard InChI is InChI=1S/C9H18N2O4S/c10-3-5-11(4-1-9(12)13)8-2-6-16(14,15)7-8/h8H,1-7,10H2,(H,12,13). The summed E-state index contributed by atoms with van der Waals surface area (Å²) < 4.78 is 22.6. The first-order valence-corrected chi connectivity index (χ1v) is 7.13. The van der Waals surface area contributed by atoms with E-state index in [1.165, 1.54) is 0 Å². The molecule has 0 aromatic carbocycles. The van der Waals surface area contributed by atoms with E-state index in [0.29, 0.717) is 26.1 Å². The molecule has 0 aliphatic carbocycles. The summed E-state index contributed by atoms with van der Waals surface area (Å²) in [4.78, 5) is 12.3. The van der Waals surface area contributed by atoms with Crippen LogP contribution in [0.4, 0.5) is 0 Å². The first-order chi connectivity index (χ1) is 7.44. The van der Waals surface area contributed by atoms with Crippen molar-refractivity contribution >= 4 is 15.8 Å². The molecule has 94 valence electrons. The van der Waals surface area contributed by atoms with E-state index in [1.807, 2.05) is 4.90 Å². The van der Waals surface area contributed by atoms with E-state index in [0.717, 1.165) is 0 Å². The predicted molar refractivity (Wildman–Crippen MR) is 59.9 cm³/mol. The molecule has 3 N–H and O–H groups in total. The van der Waals surface area contributed by atoms with Gasteiger partial charge in [-0.25, -0.2) is 8.42 Å². The fraction of sp³-hybridized carbons (Fsp3) is 0.889. The van der Waals surface area contributed by atoms with Crippen molar-refractivity contribution in [3.05, 3.63) is 0 Å². The van der Waals surface area contributed by atoms with Crippen LogP contribution in [0, 0.1) is 0 Å². The molecule has 1 heterocycles. The number of carboxylic acid groups (broad SMARTS) is 1. The van der Waals surface area contributed by atoms with Gasteiger partial charge in [-0.3, -0.25) is 9.69 Å². The van der Waals surface area contributed by atoms with E-state index in [9.17, 15) is 13.2 Å². The molecule has 1 aliphatic heterocycles. The number of sulfone groups is 1. The van der Waals surface area contributed by atoms with E-state index in [4.69, 9.17) is 10.8 Å². The van der Waals surface area contributed by atoms with Crippen LogP contribution in [0.2, 0.25) is 0 Å². The van der Waals surface area contributed by atoms with Crippen LogP contribution in [0.15, 0.2) is 0 Å². The molecule has 6 nitrogen and oxygen atoms in total. The molecule has 1 atom stereocenters. The largest absolute Gasteiger partial charge is 0.481 e. The second-order valence-corrected chi connectivity index (χ2v) is 6.25. The van der Waals surface area contributed by atoms with E-state index in [-0.39, 0.29) is 24.0 Å². The van der Waals surface area contributed by atoms with Crippen LogP contribution >= 0.6 is 0 Å². The minimum atomic E-state index is -2.93. The summed E-state index contributed by atoms with van der Waals surface area (Å²) in [7, 11) is -2.93. The van der Waals surface area contributed by atoms with Crippen LogP contribution in [-0.4, -0.2) is 61.6 Å². The molecule has 0 aromatic rings. The van der Waals surface area contributed by atoms with Gasteiger partial charge in [0.05, 0.1) is 17.9 Å². The average molecular weight is 250 g/mol. The molecule has 16 heavy (non-hydrogen) atoms. The predicted octanol–water partition coefficient (Wildman–Crippen LogP) is -1.09. The second kappa shape index (κ2) is 5.60. The zero-order valence-electron chi connectivity index (χ0n) is 9.13. The SMILES string of the molecule is NCCN(CCC(=O)O)C1CCS(=O)(=O)C1. The van der Waals surface area contributed by atoms with Crippen molar-refractivity contribution in [1.29, 1.82) is 0 Å². The number of nitrogens with zero attached hydrogens (tertiary/aromatic N) is 1. The lowest BCUT2D eigenvalue weighted by molar-refractivity contribution is -0.137. The van der Waals surface area contributed by atoms with Crippen molar-refractivity contribution in [3.8, 4) is 0 Å². The third-order valence-corrected chi connectivity index (χ3v) is 4.50. The second-order valence-electron chi connectivity index (χ2n) is 4.03. The number of carbonyl (C=O) groups is 1. The molecule has 0 aromatic heterocycles. The van der Waals surface area contributed by atoms with Crippen molar-refractivity contribution in [2.75, 3.05) is 31.1 Å². The van der Waals surface area contributed by atoms with Crippen LogP contribution in [0.3, 0.4) is 0 Å². The van der Waals surface area contributed by atoms with Gasteiger partial charge in [-0.2, -0.15) is 0 Å². The Bertz CT molecular complexity index is 341. The molecule has 0 spiro atoms. The van der Waals surface area contributed by atoms with Crippen LogP contribution in [0.5, 0.6) is 0 Å². The number of hydrogen-bond acceptors (Lipinski definition) is 5. The van der Waals surface area contributed by atoms with Crippen LogP contribution < -0.4 is 5.73 Å². The highest BCUT2D eigenvalue weighted by atomic mass is 32.2. The van der Waals surface area contributed by atoms with Gasteiger partial charge in [0.15, 0.2) is 9.84 Å². The third kappa shape index (κ3) is 4.07. The molecule has 1 aliphatic rings. The van der Waals surface area contributed by atoms with Gasteiger partial charge < -0.3 is 10.8 Å². The van der Waals surface area contributed by atoms with Crippen molar-refractivity contribution < 1.29 is 18.3 Å². The lowest BCUT2D eigenvalue weighted by atomic mass is 10.2. The van der Waals surface area contributed by atoms with Gasteiger partial charge in [0, 0.05) is 25.7 Å². The quantitative estimate of drug-likeness (QED) is 0.621. The van der Waals surface area contributed by atoms with E-state index >= 15 is 0 Å². The first kappa shape index (κ1) is 13.4. The molecule has 0 bridgehead atoms. The monoisotopic (exact) mass is 250 g/mol. The van der Waals surface area contributed by atoms with Gasteiger partial charge in [0.1, 0.15) is 0 Å². The van der Waals surface area contributed by atoms with Crippen molar-refractivity contribution in [2.24, 2.45) is 5.73 Å². The number of rotatable bonds is 6. The third-order valence-electron chi connectivity index (χ3n) is 2.75. The highest BCUT2D eigenvalue weighted by molar-refractivity contribution is 7.91. The molecular formula is C9H18N2O4S. The number of hydrogen-bond donors (Lipinski definition) is 2. The summed E-state index contributed by atoms with van der Waals surface area (Å²) in [5.41, 5.74) is 5.43. The molecule has 1 saturated heterocycles. The summed E-state index contributed by atoms with van der Waals surface area (Å²) in [6.45, 7) is 1.33. The summed E-state index contributed by atoms with van der Waals surface area (Å²) in [6, 6.07) is -0.0621. The van der Waals surface area contributed by atoms with Gasteiger partial charge >= 0.3 is 5.97 Å². The van der Waals surface area contributed by atoms with Crippen molar-refractivity contribution in [2.45, 2.75) is 18.9 Å². The minimum absolute atomic E-state index is 0.0244. The van der Waals surface area contributed by atoms with Crippen LogP contribution in [0.1, 0.15) is 12.8 Å². The van der Waals surface area contributed by atoms with E-state index in [1.54, 1.807) is 0 Å². The molecular weight excluding hydrogens is 232 g/mol. The highest BCUT2D eigenvalue weighted by Crippen LogP contribution is 2.17. The Morgan fingerprint density at radius 3 is 2.56 bits per heavy atom. The number of carboxylic acids is 1. The summed E-state index contributed by atoms with van der Waals surface area (Å²) in [5, 5.41) is 8.60. The Morgan fingerprint density at radius 1 is 1.44 bits per heavy atom. The smallest absolute Gasteiger partial charge is 0.304 e. The van der Waals surface area contributed by atoms with Gasteiger partial charge in [0.25, 0.3) is 0 Å². The molecule has 0 radical (unpaired) electrons. The van der Waals surface area contributed by atoms with Gasteiger partial charge in [-0.15, -0.1) is 0 Å². The fourth-order valence-corrected chi connectivity index (χ4v) is 3.71. The van der Waals surface area contributed by atoms with E-state index < -0.39 is 15.8 Å². The molecule has 0 saturated carbocycles. The van der Waals surface area contributed by atoms with Gasteiger partial charge in [0.2, 0.25) is 0 Å². The normalized spacial score (nSPS) is 23.8. The minimum Gasteiger partial charge on any atom is -0.481 e. The lowest BCUT2D eigenvalue weighted by Crippen LogP contribution is -2.40. The highest BCUT2D eigenvalue weighted by Gasteiger charge is 2.31.